The monoisotopic (exact) mass is 455 g/mol. The van der Waals surface area contributed by atoms with E-state index in [0.717, 1.165) is 13.0 Å². The SMILES string of the molecule is O=C(Nc1cnn(CCc2ccccc2)c1)c1ccc(COc2ccc(Cl)cc2Cl)o1. The van der Waals surface area contributed by atoms with Crippen LogP contribution in [-0.2, 0) is 19.6 Å². The number of anilines is 1. The Bertz CT molecular complexity index is 1170. The van der Waals surface area contributed by atoms with Gasteiger partial charge in [0.1, 0.15) is 18.1 Å². The number of ether oxygens (including phenoxy) is 1. The molecule has 0 radical (unpaired) electrons. The van der Waals surface area contributed by atoms with Gasteiger partial charge in [-0.05, 0) is 42.3 Å². The molecule has 2 heterocycles. The van der Waals surface area contributed by atoms with Gasteiger partial charge in [-0.2, -0.15) is 5.10 Å². The van der Waals surface area contributed by atoms with Gasteiger partial charge in [-0.25, -0.2) is 0 Å². The first-order chi connectivity index (χ1) is 15.1. The molecule has 1 amide bonds. The molecule has 0 saturated heterocycles. The molecule has 31 heavy (non-hydrogen) atoms. The summed E-state index contributed by atoms with van der Waals surface area (Å²) in [7, 11) is 0. The molecule has 0 aliphatic heterocycles. The Kier molecular flexibility index (Phi) is 6.60. The standard InChI is InChI=1S/C23H19Cl2N3O3/c24-17-6-8-21(20(25)12-17)30-15-19-7-9-22(31-19)23(29)27-18-13-26-28(14-18)11-10-16-4-2-1-3-5-16/h1-9,12-14H,10-11,15H2,(H,27,29). The van der Waals surface area contributed by atoms with Crippen LogP contribution in [0.4, 0.5) is 5.69 Å². The van der Waals surface area contributed by atoms with Gasteiger partial charge >= 0.3 is 0 Å². The third-order valence-electron chi connectivity index (χ3n) is 4.51. The van der Waals surface area contributed by atoms with Crippen LogP contribution in [0.2, 0.25) is 10.0 Å². The number of furan rings is 1. The highest BCUT2D eigenvalue weighted by Gasteiger charge is 2.13. The highest BCUT2D eigenvalue weighted by molar-refractivity contribution is 6.35. The largest absolute Gasteiger partial charge is 0.484 e. The van der Waals surface area contributed by atoms with E-state index in [9.17, 15) is 4.79 Å². The van der Waals surface area contributed by atoms with Crippen molar-refractivity contribution >= 4 is 34.8 Å². The van der Waals surface area contributed by atoms with E-state index in [0.29, 0.717) is 27.2 Å². The summed E-state index contributed by atoms with van der Waals surface area (Å²) in [5.41, 5.74) is 1.83. The number of carbonyl (C=O) groups is 1. The summed E-state index contributed by atoms with van der Waals surface area (Å²) in [4.78, 5) is 12.5. The van der Waals surface area contributed by atoms with Crippen LogP contribution in [-0.4, -0.2) is 15.7 Å². The molecule has 1 N–H and O–H groups in total. The summed E-state index contributed by atoms with van der Waals surface area (Å²) in [5, 5.41) is 8.01. The number of carbonyl (C=O) groups excluding carboxylic acids is 1. The fourth-order valence-corrected chi connectivity index (χ4v) is 3.41. The molecule has 0 bridgehead atoms. The molecule has 6 nitrogen and oxygen atoms in total. The lowest BCUT2D eigenvalue weighted by Gasteiger charge is -2.06. The zero-order valence-corrected chi connectivity index (χ0v) is 17.9. The molecule has 4 rings (SSSR count). The van der Waals surface area contributed by atoms with E-state index in [1.165, 1.54) is 5.56 Å². The molecule has 0 saturated carbocycles. The van der Waals surface area contributed by atoms with Gasteiger partial charge in [-0.3, -0.25) is 9.48 Å². The van der Waals surface area contributed by atoms with Crippen LogP contribution in [0.1, 0.15) is 21.9 Å². The lowest BCUT2D eigenvalue weighted by molar-refractivity contribution is 0.0992. The second-order valence-electron chi connectivity index (χ2n) is 6.81. The van der Waals surface area contributed by atoms with Gasteiger partial charge in [0.2, 0.25) is 0 Å². The van der Waals surface area contributed by atoms with Crippen molar-refractivity contribution in [2.75, 3.05) is 5.32 Å². The molecule has 0 aliphatic rings. The molecular weight excluding hydrogens is 437 g/mol. The summed E-state index contributed by atoms with van der Waals surface area (Å²) in [6, 6.07) is 18.4. The molecule has 0 spiro atoms. The van der Waals surface area contributed by atoms with Crippen molar-refractivity contribution in [3.8, 4) is 5.75 Å². The van der Waals surface area contributed by atoms with Crippen molar-refractivity contribution in [1.82, 2.24) is 9.78 Å². The summed E-state index contributed by atoms with van der Waals surface area (Å²) in [6.45, 7) is 0.849. The third kappa shape index (κ3) is 5.69. The number of rotatable bonds is 8. The minimum absolute atomic E-state index is 0.131. The van der Waals surface area contributed by atoms with Gasteiger partial charge in [0.25, 0.3) is 5.91 Å². The number of aromatic nitrogens is 2. The van der Waals surface area contributed by atoms with Gasteiger partial charge in [0, 0.05) is 17.8 Å². The number of amides is 1. The van der Waals surface area contributed by atoms with Crippen molar-refractivity contribution in [3.05, 3.63) is 100 Å². The van der Waals surface area contributed by atoms with Gasteiger partial charge < -0.3 is 14.5 Å². The lowest BCUT2D eigenvalue weighted by atomic mass is 10.1. The molecule has 8 heteroatoms. The average Bonchev–Trinajstić information content (AvgIpc) is 3.42. The predicted molar refractivity (Wildman–Crippen MR) is 120 cm³/mol. The normalized spacial score (nSPS) is 10.8. The highest BCUT2D eigenvalue weighted by Crippen LogP contribution is 2.28. The quantitative estimate of drug-likeness (QED) is 0.361. The van der Waals surface area contributed by atoms with Crippen LogP contribution in [0.3, 0.4) is 0 Å². The van der Waals surface area contributed by atoms with Gasteiger partial charge in [0.15, 0.2) is 5.76 Å². The molecule has 0 unspecified atom stereocenters. The molecule has 158 valence electrons. The zero-order valence-electron chi connectivity index (χ0n) is 16.4. The van der Waals surface area contributed by atoms with Crippen LogP contribution in [0.5, 0.6) is 5.75 Å². The smallest absolute Gasteiger partial charge is 0.291 e. The van der Waals surface area contributed by atoms with Crippen molar-refractivity contribution in [2.45, 2.75) is 19.6 Å². The third-order valence-corrected chi connectivity index (χ3v) is 5.04. The van der Waals surface area contributed by atoms with E-state index >= 15 is 0 Å². The maximum absolute atomic E-state index is 12.5. The number of aryl methyl sites for hydroxylation is 2. The topological polar surface area (TPSA) is 69.3 Å². The molecule has 0 aliphatic carbocycles. The average molecular weight is 456 g/mol. The molecular formula is C23H19Cl2N3O3. The van der Waals surface area contributed by atoms with Crippen molar-refractivity contribution in [3.63, 3.8) is 0 Å². The van der Waals surface area contributed by atoms with Gasteiger partial charge in [-0.15, -0.1) is 0 Å². The second-order valence-corrected chi connectivity index (χ2v) is 7.65. The van der Waals surface area contributed by atoms with E-state index in [-0.39, 0.29) is 18.3 Å². The Hall–Kier alpha value is -3.22. The Labute approximate surface area is 189 Å². The molecule has 4 aromatic rings. The Morgan fingerprint density at radius 2 is 1.94 bits per heavy atom. The fourth-order valence-electron chi connectivity index (χ4n) is 2.95. The molecule has 0 fully saturated rings. The minimum Gasteiger partial charge on any atom is -0.484 e. The number of hydrogen-bond donors (Lipinski definition) is 1. The van der Waals surface area contributed by atoms with Crippen molar-refractivity contribution in [2.24, 2.45) is 0 Å². The predicted octanol–water partition coefficient (Wildman–Crippen LogP) is 5.86. The van der Waals surface area contributed by atoms with Crippen LogP contribution in [0.15, 0.2) is 77.5 Å². The number of nitrogens with zero attached hydrogens (tertiary/aromatic N) is 2. The van der Waals surface area contributed by atoms with E-state index in [1.807, 2.05) is 18.2 Å². The van der Waals surface area contributed by atoms with Crippen molar-refractivity contribution in [1.29, 1.82) is 0 Å². The first-order valence-corrected chi connectivity index (χ1v) is 10.4. The molecule has 2 aromatic carbocycles. The summed E-state index contributed by atoms with van der Waals surface area (Å²) < 4.78 is 13.0. The van der Waals surface area contributed by atoms with E-state index in [1.54, 1.807) is 47.4 Å². The zero-order chi connectivity index (χ0) is 21.6. The van der Waals surface area contributed by atoms with E-state index in [2.05, 4.69) is 22.5 Å². The summed E-state index contributed by atoms with van der Waals surface area (Å²) >= 11 is 12.0. The maximum atomic E-state index is 12.5. The van der Waals surface area contributed by atoms with Gasteiger partial charge in [-0.1, -0.05) is 53.5 Å². The fraction of sp³-hybridized carbons (Fsp3) is 0.130. The highest BCUT2D eigenvalue weighted by atomic mass is 35.5. The van der Waals surface area contributed by atoms with Crippen LogP contribution in [0, 0.1) is 0 Å². The number of halogens is 2. The summed E-state index contributed by atoms with van der Waals surface area (Å²) in [6.07, 6.45) is 4.25. The first kappa shape index (κ1) is 21.0. The number of hydrogen-bond acceptors (Lipinski definition) is 4. The minimum atomic E-state index is -0.363. The van der Waals surface area contributed by atoms with Crippen LogP contribution >= 0.6 is 23.2 Å². The Morgan fingerprint density at radius 1 is 1.10 bits per heavy atom. The van der Waals surface area contributed by atoms with E-state index < -0.39 is 0 Å². The number of nitrogens with one attached hydrogen (secondary N) is 1. The van der Waals surface area contributed by atoms with Crippen LogP contribution in [0.25, 0.3) is 0 Å². The van der Waals surface area contributed by atoms with Crippen LogP contribution < -0.4 is 10.1 Å². The maximum Gasteiger partial charge on any atom is 0.291 e. The molecule has 2 aromatic heterocycles. The second kappa shape index (κ2) is 9.73. The first-order valence-electron chi connectivity index (χ1n) is 9.61. The Balaban J connectivity index is 1.30. The number of benzene rings is 2. The van der Waals surface area contributed by atoms with Crippen molar-refractivity contribution < 1.29 is 13.9 Å². The van der Waals surface area contributed by atoms with E-state index in [4.69, 9.17) is 32.4 Å². The Morgan fingerprint density at radius 3 is 2.74 bits per heavy atom. The van der Waals surface area contributed by atoms with Gasteiger partial charge in [0.05, 0.1) is 16.9 Å². The lowest BCUT2D eigenvalue weighted by Crippen LogP contribution is -2.10. The summed E-state index contributed by atoms with van der Waals surface area (Å²) in [5.74, 6) is 0.794. The molecule has 0 atom stereocenters.